The zero-order valence-electron chi connectivity index (χ0n) is 20.7. The van der Waals surface area contributed by atoms with Gasteiger partial charge in [0.1, 0.15) is 0 Å². The van der Waals surface area contributed by atoms with Gasteiger partial charge in [-0.25, -0.2) is 4.98 Å². The summed E-state index contributed by atoms with van der Waals surface area (Å²) in [6, 6.07) is 38.0. The van der Waals surface area contributed by atoms with E-state index in [0.29, 0.717) is 0 Å². The molecule has 1 radical (unpaired) electrons. The number of benzene rings is 4. The van der Waals surface area contributed by atoms with Gasteiger partial charge in [0.15, 0.2) is 5.03 Å². The van der Waals surface area contributed by atoms with E-state index in [4.69, 9.17) is 9.54 Å². The first-order valence-electron chi connectivity index (χ1n) is 12.2. The first-order chi connectivity index (χ1) is 19.0. The molecule has 8 rings (SSSR count). The third-order valence-corrected chi connectivity index (χ3v) is 8.74. The summed E-state index contributed by atoms with van der Waals surface area (Å²) >= 11 is 1.84. The molecule has 4 aromatic carbocycles. The van der Waals surface area contributed by atoms with Crippen molar-refractivity contribution < 1.29 is 33.1 Å². The van der Waals surface area contributed by atoms with Crippen molar-refractivity contribution in [2.24, 2.45) is 0 Å². The van der Waals surface area contributed by atoms with E-state index in [1.807, 2.05) is 17.4 Å². The summed E-state index contributed by atoms with van der Waals surface area (Å²) in [6.45, 7) is 0. The molecular formula is C32H19IrN2O3S2-. The average Bonchev–Trinajstić information content (AvgIpc) is 3.51. The van der Waals surface area contributed by atoms with Gasteiger partial charge in [-0.05, 0) is 62.3 Å². The normalized spacial score (nSPS) is 11.6. The van der Waals surface area contributed by atoms with Gasteiger partial charge in [-0.15, -0.1) is 23.8 Å². The Labute approximate surface area is 248 Å². The Bertz CT molecular complexity index is 2160. The first-order valence-corrected chi connectivity index (χ1v) is 14.5. The predicted octanol–water partition coefficient (Wildman–Crippen LogP) is 8.04. The van der Waals surface area contributed by atoms with Crippen molar-refractivity contribution in [3.05, 3.63) is 115 Å². The fourth-order valence-electron chi connectivity index (χ4n) is 5.22. The monoisotopic (exact) mass is 736 g/mol. The fraction of sp³-hybridized carbons (Fsp3) is 0. The molecule has 8 heteroatoms. The van der Waals surface area contributed by atoms with Gasteiger partial charge in [-0.3, -0.25) is 9.54 Å². The number of rotatable bonds is 2. The van der Waals surface area contributed by atoms with Crippen LogP contribution in [0.2, 0.25) is 0 Å². The van der Waals surface area contributed by atoms with Crippen LogP contribution in [-0.4, -0.2) is 22.9 Å². The number of nitrogens with zero attached hydrogens (tertiary/aromatic N) is 2. The summed E-state index contributed by atoms with van der Waals surface area (Å²) in [7, 11) is -4.11. The van der Waals surface area contributed by atoms with Gasteiger partial charge in [0.2, 0.25) is 0 Å². The molecule has 1 aliphatic rings. The van der Waals surface area contributed by atoms with Crippen LogP contribution in [0, 0.1) is 6.07 Å². The van der Waals surface area contributed by atoms with E-state index in [1.165, 1.54) is 66.1 Å². The van der Waals surface area contributed by atoms with Gasteiger partial charge < -0.3 is 0 Å². The van der Waals surface area contributed by atoms with Crippen LogP contribution >= 0.6 is 11.3 Å². The maximum Gasteiger partial charge on any atom is 0.312 e. The Hall–Kier alpha value is -3.78. The minimum absolute atomic E-state index is 0. The third kappa shape index (κ3) is 4.44. The Morgan fingerprint density at radius 1 is 0.725 bits per heavy atom. The van der Waals surface area contributed by atoms with Crippen LogP contribution in [0.3, 0.4) is 0 Å². The fourth-order valence-corrected chi connectivity index (χ4v) is 6.78. The van der Waals surface area contributed by atoms with Gasteiger partial charge >= 0.3 is 10.1 Å². The Morgan fingerprint density at radius 2 is 1.45 bits per heavy atom. The quantitative estimate of drug-likeness (QED) is 0.144. The van der Waals surface area contributed by atoms with E-state index in [9.17, 15) is 8.42 Å². The van der Waals surface area contributed by atoms with Crippen LogP contribution in [0.1, 0.15) is 0 Å². The minimum atomic E-state index is -4.11. The Balaban J connectivity index is 0.000000226. The number of pyridine rings is 2. The standard InChI is InChI=1S/C27H14NS.C5H5NO3S.Ir/c1-2-8-17-16(7-1)18-10-5-12-22-26(18)21(17)15-23(28-22)19-11-6-14-25-27(19)20-9-3-4-13-24(20)29-25;7-10(8,9)5-3-1-2-4-6-5;/h1-10,12-15H;1-4H,(H,7,8,9);/q-1;;. The van der Waals surface area contributed by atoms with E-state index >= 15 is 0 Å². The van der Waals surface area contributed by atoms with Crippen LogP contribution in [0.25, 0.3) is 64.6 Å². The minimum Gasteiger partial charge on any atom is -0.296 e. The molecule has 197 valence electrons. The molecule has 0 unspecified atom stereocenters. The zero-order chi connectivity index (χ0) is 26.6. The van der Waals surface area contributed by atoms with Gasteiger partial charge in [0.05, 0.1) is 5.52 Å². The summed E-state index contributed by atoms with van der Waals surface area (Å²) in [4.78, 5) is 8.51. The second-order valence-corrected chi connectivity index (χ2v) is 11.6. The molecule has 7 aromatic rings. The number of fused-ring (bicyclic) bond motifs is 6. The largest absolute Gasteiger partial charge is 0.312 e. The van der Waals surface area contributed by atoms with E-state index in [1.54, 1.807) is 6.07 Å². The predicted molar refractivity (Wildman–Crippen MR) is 157 cm³/mol. The van der Waals surface area contributed by atoms with E-state index in [2.05, 4.69) is 89.9 Å². The molecule has 0 atom stereocenters. The van der Waals surface area contributed by atoms with Gasteiger partial charge in [-0.1, -0.05) is 72.1 Å². The third-order valence-electron chi connectivity index (χ3n) is 6.83. The summed E-state index contributed by atoms with van der Waals surface area (Å²) < 4.78 is 31.6. The molecule has 0 bridgehead atoms. The van der Waals surface area contributed by atoms with Crippen LogP contribution in [0.15, 0.2) is 114 Å². The van der Waals surface area contributed by atoms with Gasteiger partial charge in [-0.2, -0.15) is 19.8 Å². The van der Waals surface area contributed by atoms with Gasteiger partial charge in [0.25, 0.3) is 0 Å². The molecule has 3 aromatic heterocycles. The Kier molecular flexibility index (Phi) is 6.82. The molecule has 0 amide bonds. The van der Waals surface area contributed by atoms with Crippen molar-refractivity contribution in [2.45, 2.75) is 5.03 Å². The molecule has 40 heavy (non-hydrogen) atoms. The summed E-state index contributed by atoms with van der Waals surface area (Å²) in [5.41, 5.74) is 8.30. The summed E-state index contributed by atoms with van der Waals surface area (Å²) in [5, 5.41) is 3.48. The number of aromatic nitrogens is 2. The molecule has 0 saturated heterocycles. The smallest absolute Gasteiger partial charge is 0.296 e. The topological polar surface area (TPSA) is 80.2 Å². The van der Waals surface area contributed by atoms with E-state index in [0.717, 1.165) is 16.8 Å². The number of thiophene rings is 1. The van der Waals surface area contributed by atoms with Crippen LogP contribution in [0.4, 0.5) is 0 Å². The molecule has 0 fully saturated rings. The Morgan fingerprint density at radius 3 is 2.20 bits per heavy atom. The molecule has 5 nitrogen and oxygen atoms in total. The molecule has 3 heterocycles. The van der Waals surface area contributed by atoms with Crippen LogP contribution < -0.4 is 0 Å². The van der Waals surface area contributed by atoms with Gasteiger partial charge in [0, 0.05) is 36.4 Å². The second-order valence-electron chi connectivity index (χ2n) is 9.13. The molecular weight excluding hydrogens is 717 g/mol. The number of hydrogen-bond acceptors (Lipinski definition) is 5. The number of hydrogen-bond donors (Lipinski definition) is 1. The molecule has 1 aliphatic carbocycles. The molecule has 0 spiro atoms. The summed E-state index contributed by atoms with van der Waals surface area (Å²) in [6.07, 6.45) is 1.29. The van der Waals surface area contributed by atoms with E-state index < -0.39 is 10.1 Å². The zero-order valence-corrected chi connectivity index (χ0v) is 24.7. The molecule has 1 N–H and O–H groups in total. The summed E-state index contributed by atoms with van der Waals surface area (Å²) in [5.74, 6) is 0. The maximum atomic E-state index is 10.3. The van der Waals surface area contributed by atoms with Crippen LogP contribution in [-0.2, 0) is 30.2 Å². The van der Waals surface area contributed by atoms with Crippen molar-refractivity contribution in [3.63, 3.8) is 0 Å². The van der Waals surface area contributed by atoms with Crippen molar-refractivity contribution in [1.29, 1.82) is 0 Å². The van der Waals surface area contributed by atoms with Crippen molar-refractivity contribution >= 4 is 52.5 Å². The SMILES string of the molecule is O=S(=O)(O)c1ccccn1.[Ir].[c-]1ccc2sc3ccccc3c2c1-c1cc2c3c(cccc3n1)-c1ccccc1-2. The first kappa shape index (κ1) is 26.4. The van der Waals surface area contributed by atoms with Crippen molar-refractivity contribution in [2.75, 3.05) is 0 Å². The maximum absolute atomic E-state index is 10.3. The molecule has 0 aliphatic heterocycles. The van der Waals surface area contributed by atoms with E-state index in [-0.39, 0.29) is 25.1 Å². The second kappa shape index (κ2) is 10.3. The average molecular weight is 736 g/mol. The van der Waals surface area contributed by atoms with Crippen molar-refractivity contribution in [1.82, 2.24) is 9.97 Å². The molecule has 0 saturated carbocycles. The van der Waals surface area contributed by atoms with Crippen molar-refractivity contribution in [3.8, 4) is 33.5 Å². The van der Waals surface area contributed by atoms with Crippen LogP contribution in [0.5, 0.6) is 0 Å².